The second kappa shape index (κ2) is 11.9. The van der Waals surface area contributed by atoms with Crippen LogP contribution in [0, 0.1) is 0 Å². The average molecular weight is 469 g/mol. The zero-order valence-electron chi connectivity index (χ0n) is 19.4. The molecule has 4 rings (SSSR count). The summed E-state index contributed by atoms with van der Waals surface area (Å²) in [5.41, 5.74) is 5.74. The predicted octanol–water partition coefficient (Wildman–Crippen LogP) is 3.82. The summed E-state index contributed by atoms with van der Waals surface area (Å²) in [5, 5.41) is 8.55. The van der Waals surface area contributed by atoms with E-state index in [1.54, 1.807) is 24.3 Å². The van der Waals surface area contributed by atoms with Gasteiger partial charge in [-0.15, -0.1) is 0 Å². The Bertz CT molecular complexity index is 1200. The van der Waals surface area contributed by atoms with Gasteiger partial charge in [0, 0.05) is 50.1 Å². The first-order valence-electron chi connectivity index (χ1n) is 11.5. The van der Waals surface area contributed by atoms with E-state index in [0.717, 1.165) is 32.7 Å². The van der Waals surface area contributed by atoms with E-state index in [9.17, 15) is 9.59 Å². The second-order valence-electron chi connectivity index (χ2n) is 8.29. The fourth-order valence-electron chi connectivity index (χ4n) is 3.95. The largest absolute Gasteiger partial charge is 0.369 e. The van der Waals surface area contributed by atoms with Crippen molar-refractivity contribution in [3.8, 4) is 0 Å². The van der Waals surface area contributed by atoms with E-state index < -0.39 is 5.91 Å². The van der Waals surface area contributed by atoms with Gasteiger partial charge >= 0.3 is 0 Å². The molecule has 1 fully saturated rings. The van der Waals surface area contributed by atoms with E-state index in [0.29, 0.717) is 17.0 Å². The number of para-hydroxylation sites is 1. The van der Waals surface area contributed by atoms with Gasteiger partial charge in [0.1, 0.15) is 0 Å². The lowest BCUT2D eigenvalue weighted by Gasteiger charge is -2.36. The van der Waals surface area contributed by atoms with Gasteiger partial charge in [0.25, 0.3) is 5.91 Å². The van der Waals surface area contributed by atoms with E-state index in [1.807, 2.05) is 30.3 Å². The van der Waals surface area contributed by atoms with E-state index in [2.05, 4.69) is 39.0 Å². The van der Waals surface area contributed by atoms with Crippen LogP contribution < -0.4 is 10.4 Å². The van der Waals surface area contributed by atoms with Crippen LogP contribution in [0.25, 0.3) is 12.2 Å². The van der Waals surface area contributed by atoms with Crippen molar-refractivity contribution < 1.29 is 14.8 Å². The molecule has 7 heteroatoms. The molecule has 35 heavy (non-hydrogen) atoms. The maximum absolute atomic E-state index is 12.6. The van der Waals surface area contributed by atoms with Crippen molar-refractivity contribution in [1.82, 2.24) is 15.4 Å². The van der Waals surface area contributed by atoms with Crippen LogP contribution in [-0.2, 0) is 11.3 Å². The molecule has 0 aliphatic carbocycles. The van der Waals surface area contributed by atoms with Gasteiger partial charge in [0.15, 0.2) is 5.78 Å². The van der Waals surface area contributed by atoms with Crippen molar-refractivity contribution in [2.75, 3.05) is 31.1 Å². The van der Waals surface area contributed by atoms with Crippen LogP contribution >= 0.6 is 0 Å². The Hall–Kier alpha value is -4.07. The Morgan fingerprint density at radius 1 is 0.829 bits per heavy atom. The van der Waals surface area contributed by atoms with Crippen molar-refractivity contribution in [1.29, 1.82) is 0 Å². The minimum Gasteiger partial charge on any atom is -0.369 e. The molecule has 1 aromatic heterocycles. The number of nitrogens with one attached hydrogen (secondary N) is 1. The standard InChI is InChI=1S/C28H28N4O3/c33-27(15-13-24-5-4-6-25(29-24)14-16-28(34)30-35)23-11-9-22(10-12-23)21-31-17-19-32(20-18-31)26-7-2-1-3-8-26/h1-16,35H,17-21H2,(H,30,34)/b15-13+,16-14+. The van der Waals surface area contributed by atoms with Crippen molar-refractivity contribution in [3.63, 3.8) is 0 Å². The topological polar surface area (TPSA) is 85.8 Å². The third kappa shape index (κ3) is 6.96. The average Bonchev–Trinajstić information content (AvgIpc) is 2.92. The summed E-state index contributed by atoms with van der Waals surface area (Å²) >= 11 is 0. The molecule has 1 aliphatic heterocycles. The van der Waals surface area contributed by atoms with Crippen molar-refractivity contribution >= 4 is 29.5 Å². The molecule has 0 atom stereocenters. The van der Waals surface area contributed by atoms with Crippen molar-refractivity contribution in [2.45, 2.75) is 6.54 Å². The minimum atomic E-state index is -0.638. The molecule has 2 N–H and O–H groups in total. The third-order valence-electron chi connectivity index (χ3n) is 5.85. The lowest BCUT2D eigenvalue weighted by molar-refractivity contribution is -0.124. The number of hydroxylamine groups is 1. The highest BCUT2D eigenvalue weighted by Crippen LogP contribution is 2.17. The Balaban J connectivity index is 1.29. The number of ketones is 1. The normalized spacial score (nSPS) is 14.5. The number of nitrogens with zero attached hydrogens (tertiary/aromatic N) is 3. The number of anilines is 1. The first-order chi connectivity index (χ1) is 17.1. The second-order valence-corrected chi connectivity index (χ2v) is 8.29. The third-order valence-corrected chi connectivity index (χ3v) is 5.85. The molecule has 1 saturated heterocycles. The van der Waals surface area contributed by atoms with E-state index in [1.165, 1.54) is 35.0 Å². The number of carbonyl (C=O) groups excluding carboxylic acids is 2. The maximum Gasteiger partial charge on any atom is 0.267 e. The molecule has 1 aliphatic rings. The fourth-order valence-corrected chi connectivity index (χ4v) is 3.95. The van der Waals surface area contributed by atoms with E-state index >= 15 is 0 Å². The highest BCUT2D eigenvalue weighted by Gasteiger charge is 2.17. The number of aromatic nitrogens is 1. The number of allylic oxidation sites excluding steroid dienone is 1. The lowest BCUT2D eigenvalue weighted by atomic mass is 10.1. The first-order valence-corrected chi connectivity index (χ1v) is 11.5. The molecule has 3 aromatic rings. The van der Waals surface area contributed by atoms with Crippen LogP contribution in [-0.4, -0.2) is 53.0 Å². The summed E-state index contributed by atoms with van der Waals surface area (Å²) in [7, 11) is 0. The zero-order valence-corrected chi connectivity index (χ0v) is 19.4. The van der Waals surface area contributed by atoms with Gasteiger partial charge in [-0.3, -0.25) is 19.7 Å². The minimum absolute atomic E-state index is 0.101. The highest BCUT2D eigenvalue weighted by atomic mass is 16.5. The van der Waals surface area contributed by atoms with Crippen molar-refractivity contribution in [3.05, 3.63) is 107 Å². The quantitative estimate of drug-likeness (QED) is 0.226. The zero-order chi connectivity index (χ0) is 24.5. The lowest BCUT2D eigenvalue weighted by Crippen LogP contribution is -2.45. The van der Waals surface area contributed by atoms with Gasteiger partial charge in [-0.2, -0.15) is 0 Å². The van der Waals surface area contributed by atoms with Crippen LogP contribution in [0.2, 0.25) is 0 Å². The van der Waals surface area contributed by atoms with Gasteiger partial charge in [0.05, 0.1) is 11.4 Å². The molecule has 2 aromatic carbocycles. The number of rotatable bonds is 8. The molecule has 0 saturated carbocycles. The Morgan fingerprint density at radius 3 is 2.14 bits per heavy atom. The number of carbonyl (C=O) groups is 2. The molecule has 2 heterocycles. The van der Waals surface area contributed by atoms with Gasteiger partial charge < -0.3 is 4.90 Å². The smallest absolute Gasteiger partial charge is 0.267 e. The molecule has 7 nitrogen and oxygen atoms in total. The predicted molar refractivity (Wildman–Crippen MR) is 137 cm³/mol. The van der Waals surface area contributed by atoms with E-state index in [-0.39, 0.29) is 5.78 Å². The summed E-state index contributed by atoms with van der Waals surface area (Å²) in [6, 6.07) is 23.5. The SMILES string of the molecule is O=C(/C=C/c1cccc(/C=C/C(=O)c2ccc(CN3CCN(c4ccccc4)CC3)cc2)n1)NO. The monoisotopic (exact) mass is 468 g/mol. The molecule has 0 unspecified atom stereocenters. The van der Waals surface area contributed by atoms with Gasteiger partial charge in [-0.25, -0.2) is 10.5 Å². The van der Waals surface area contributed by atoms with Crippen LogP contribution in [0.4, 0.5) is 5.69 Å². The first kappa shape index (κ1) is 24.1. The number of piperazine rings is 1. The summed E-state index contributed by atoms with van der Waals surface area (Å²) in [4.78, 5) is 32.9. The van der Waals surface area contributed by atoms with Gasteiger partial charge in [-0.1, -0.05) is 48.5 Å². The number of hydrogen-bond donors (Lipinski definition) is 2. The molecule has 0 radical (unpaired) electrons. The van der Waals surface area contributed by atoms with Gasteiger partial charge in [-0.05, 0) is 48.1 Å². The molecular weight excluding hydrogens is 440 g/mol. The van der Waals surface area contributed by atoms with Crippen LogP contribution in [0.15, 0.2) is 84.9 Å². The molecule has 0 spiro atoms. The van der Waals surface area contributed by atoms with Crippen LogP contribution in [0.5, 0.6) is 0 Å². The number of benzene rings is 2. The molecule has 0 bridgehead atoms. The molecule has 178 valence electrons. The Morgan fingerprint density at radius 2 is 1.49 bits per heavy atom. The van der Waals surface area contributed by atoms with Gasteiger partial charge in [0.2, 0.25) is 0 Å². The highest BCUT2D eigenvalue weighted by molar-refractivity contribution is 6.06. The number of hydrogen-bond acceptors (Lipinski definition) is 6. The van der Waals surface area contributed by atoms with E-state index in [4.69, 9.17) is 5.21 Å². The molecule has 1 amide bonds. The Kier molecular flexibility index (Phi) is 8.17. The number of pyridine rings is 1. The summed E-state index contributed by atoms with van der Waals surface area (Å²) < 4.78 is 0. The maximum atomic E-state index is 12.6. The molecular formula is C28H28N4O3. The Labute approximate surface area is 205 Å². The summed E-state index contributed by atoms with van der Waals surface area (Å²) in [6.07, 6.45) is 5.79. The summed E-state index contributed by atoms with van der Waals surface area (Å²) in [5.74, 6) is -0.740. The van der Waals surface area contributed by atoms with Crippen molar-refractivity contribution in [2.24, 2.45) is 0 Å². The summed E-state index contributed by atoms with van der Waals surface area (Å²) in [6.45, 7) is 4.88. The van der Waals surface area contributed by atoms with Crippen LogP contribution in [0.3, 0.4) is 0 Å². The van der Waals surface area contributed by atoms with Crippen LogP contribution in [0.1, 0.15) is 27.3 Å². The number of amides is 1. The fraction of sp³-hybridized carbons (Fsp3) is 0.179.